The lowest BCUT2D eigenvalue weighted by atomic mass is 10.1. The van der Waals surface area contributed by atoms with Crippen LogP contribution in [0.1, 0.15) is 57.1 Å². The molecule has 9 heteroatoms. The first kappa shape index (κ1) is 20.9. The largest absolute Gasteiger partial charge is 0.466 e. The van der Waals surface area contributed by atoms with Gasteiger partial charge in [0.1, 0.15) is 17.2 Å². The molecule has 2 aromatic rings. The summed E-state index contributed by atoms with van der Waals surface area (Å²) >= 11 is 1.40. The molecule has 3 heterocycles. The number of rotatable bonds is 6. The third-order valence-corrected chi connectivity index (χ3v) is 6.12. The summed E-state index contributed by atoms with van der Waals surface area (Å²) in [5.74, 6) is -0.599. The number of hydrogen-bond acceptors (Lipinski definition) is 7. The number of carbonyl (C=O) groups excluding carboxylic acids is 4. The smallest absolute Gasteiger partial charge is 0.330 e. The van der Waals surface area contributed by atoms with Crippen molar-refractivity contribution in [2.24, 2.45) is 0 Å². The van der Waals surface area contributed by atoms with Crippen molar-refractivity contribution in [3.8, 4) is 0 Å². The standard InChI is InChI=1S/C20H22N2O6S/c1-10-17(12(3)23)11(2)21-18(10)15(25)8-28-20(26)14-9-29-19(22(14)13(4)24)16-6-5-7-27-16/h5-7,14,19,21H,8-9H2,1-4H3/t14-,19+/m1/s1. The average Bonchev–Trinajstić information content (AvgIpc) is 3.37. The Bertz CT molecular complexity index is 962. The summed E-state index contributed by atoms with van der Waals surface area (Å²) < 4.78 is 10.6. The second-order valence-corrected chi connectivity index (χ2v) is 7.97. The number of thioether (sulfide) groups is 1. The summed E-state index contributed by atoms with van der Waals surface area (Å²) in [6.45, 7) is 5.72. The molecule has 0 aliphatic carbocycles. The first-order chi connectivity index (χ1) is 13.7. The van der Waals surface area contributed by atoms with Crippen LogP contribution < -0.4 is 0 Å². The number of amides is 1. The number of aromatic nitrogens is 1. The molecule has 2 aromatic heterocycles. The topological polar surface area (TPSA) is 110 Å². The highest BCUT2D eigenvalue weighted by Crippen LogP contribution is 2.41. The van der Waals surface area contributed by atoms with Gasteiger partial charge in [-0.2, -0.15) is 0 Å². The molecule has 1 aliphatic heterocycles. The molecule has 0 aromatic carbocycles. The Morgan fingerprint density at radius 2 is 2.00 bits per heavy atom. The van der Waals surface area contributed by atoms with E-state index in [1.165, 1.54) is 36.8 Å². The van der Waals surface area contributed by atoms with E-state index in [-0.39, 0.29) is 17.4 Å². The third-order valence-electron chi connectivity index (χ3n) is 4.84. The number of aromatic amines is 1. The first-order valence-electron chi connectivity index (χ1n) is 9.06. The highest BCUT2D eigenvalue weighted by atomic mass is 32.2. The molecule has 154 valence electrons. The van der Waals surface area contributed by atoms with Gasteiger partial charge in [-0.25, -0.2) is 4.79 Å². The van der Waals surface area contributed by atoms with Gasteiger partial charge in [0.2, 0.25) is 11.7 Å². The van der Waals surface area contributed by atoms with Crippen LogP contribution in [0.15, 0.2) is 22.8 Å². The Balaban J connectivity index is 1.69. The molecule has 1 aliphatic rings. The Labute approximate surface area is 172 Å². The molecule has 1 saturated heterocycles. The van der Waals surface area contributed by atoms with Crippen LogP contribution in [0.25, 0.3) is 0 Å². The van der Waals surface area contributed by atoms with Crippen molar-refractivity contribution in [3.63, 3.8) is 0 Å². The average molecular weight is 418 g/mol. The minimum atomic E-state index is -0.806. The maximum Gasteiger partial charge on any atom is 0.330 e. The van der Waals surface area contributed by atoms with Gasteiger partial charge in [0, 0.05) is 23.9 Å². The number of esters is 1. The highest BCUT2D eigenvalue weighted by Gasteiger charge is 2.43. The van der Waals surface area contributed by atoms with E-state index in [0.29, 0.717) is 28.3 Å². The molecule has 3 rings (SSSR count). The number of nitrogens with zero attached hydrogens (tertiary/aromatic N) is 1. The number of nitrogens with one attached hydrogen (secondary N) is 1. The minimum absolute atomic E-state index is 0.142. The van der Waals surface area contributed by atoms with Crippen molar-refractivity contribution in [1.82, 2.24) is 9.88 Å². The van der Waals surface area contributed by atoms with E-state index < -0.39 is 29.8 Å². The van der Waals surface area contributed by atoms with Crippen LogP contribution in [0.5, 0.6) is 0 Å². The van der Waals surface area contributed by atoms with Gasteiger partial charge in [0.25, 0.3) is 0 Å². The summed E-state index contributed by atoms with van der Waals surface area (Å²) in [5, 5.41) is -0.415. The van der Waals surface area contributed by atoms with Gasteiger partial charge in [-0.05, 0) is 38.5 Å². The highest BCUT2D eigenvalue weighted by molar-refractivity contribution is 7.99. The van der Waals surface area contributed by atoms with E-state index in [1.54, 1.807) is 26.0 Å². The van der Waals surface area contributed by atoms with Crippen LogP contribution in [0.2, 0.25) is 0 Å². The maximum atomic E-state index is 12.6. The SMILES string of the molecule is CC(=O)c1c(C)[nH]c(C(=O)COC(=O)[C@H]2CS[C@@H](c3ccco3)N2C(C)=O)c1C. The molecular formula is C20H22N2O6S. The summed E-state index contributed by atoms with van der Waals surface area (Å²) in [7, 11) is 0. The fourth-order valence-corrected chi connectivity index (χ4v) is 5.00. The van der Waals surface area contributed by atoms with Crippen LogP contribution in [0.4, 0.5) is 0 Å². The molecule has 1 N–H and O–H groups in total. The molecule has 0 saturated carbocycles. The number of ether oxygens (including phenoxy) is 1. The van der Waals surface area contributed by atoms with E-state index in [4.69, 9.17) is 9.15 Å². The predicted octanol–water partition coefficient (Wildman–Crippen LogP) is 2.82. The first-order valence-corrected chi connectivity index (χ1v) is 10.1. The van der Waals surface area contributed by atoms with Gasteiger partial charge in [-0.15, -0.1) is 11.8 Å². The lowest BCUT2D eigenvalue weighted by Gasteiger charge is -2.25. The Hall–Kier alpha value is -2.81. The van der Waals surface area contributed by atoms with E-state index in [1.807, 2.05) is 0 Å². The molecule has 0 radical (unpaired) electrons. The third kappa shape index (κ3) is 4.00. The second kappa shape index (κ2) is 8.28. The number of hydrogen-bond donors (Lipinski definition) is 1. The quantitative estimate of drug-likeness (QED) is 0.567. The second-order valence-electron chi connectivity index (χ2n) is 6.86. The summed E-state index contributed by atoms with van der Waals surface area (Å²) in [6.07, 6.45) is 1.51. The van der Waals surface area contributed by atoms with Crippen LogP contribution >= 0.6 is 11.8 Å². The van der Waals surface area contributed by atoms with Gasteiger partial charge >= 0.3 is 5.97 Å². The Morgan fingerprint density at radius 3 is 2.55 bits per heavy atom. The molecule has 29 heavy (non-hydrogen) atoms. The van der Waals surface area contributed by atoms with Crippen molar-refractivity contribution in [1.29, 1.82) is 0 Å². The summed E-state index contributed by atoms with van der Waals surface area (Å²) in [5.41, 5.74) is 1.85. The van der Waals surface area contributed by atoms with Gasteiger partial charge < -0.3 is 19.0 Å². The van der Waals surface area contributed by atoms with Crippen molar-refractivity contribution < 1.29 is 28.3 Å². The van der Waals surface area contributed by atoms with Gasteiger partial charge in [-0.1, -0.05) is 0 Å². The minimum Gasteiger partial charge on any atom is -0.466 e. The Kier molecular flexibility index (Phi) is 5.97. The number of carbonyl (C=O) groups is 4. The number of H-pyrrole nitrogens is 1. The molecule has 1 amide bonds. The van der Waals surface area contributed by atoms with E-state index in [0.717, 1.165) is 0 Å². The normalized spacial score (nSPS) is 18.7. The van der Waals surface area contributed by atoms with Crippen LogP contribution in [-0.4, -0.2) is 51.7 Å². The zero-order valence-corrected chi connectivity index (χ0v) is 17.4. The molecule has 0 bridgehead atoms. The molecule has 2 atom stereocenters. The zero-order valence-electron chi connectivity index (χ0n) is 16.6. The summed E-state index contributed by atoms with van der Waals surface area (Å²) in [4.78, 5) is 53.3. The number of ketones is 2. The number of Topliss-reactive ketones (excluding diaryl/α,β-unsaturated/α-hetero) is 2. The van der Waals surface area contributed by atoms with Crippen molar-refractivity contribution in [2.75, 3.05) is 12.4 Å². The van der Waals surface area contributed by atoms with E-state index in [2.05, 4.69) is 4.98 Å². The summed E-state index contributed by atoms with van der Waals surface area (Å²) in [6, 6.07) is 2.65. The van der Waals surface area contributed by atoms with E-state index >= 15 is 0 Å². The molecule has 8 nitrogen and oxygen atoms in total. The number of aryl methyl sites for hydroxylation is 1. The number of furan rings is 1. The van der Waals surface area contributed by atoms with E-state index in [9.17, 15) is 19.2 Å². The lowest BCUT2D eigenvalue weighted by Crippen LogP contribution is -2.43. The van der Waals surface area contributed by atoms with Crippen LogP contribution in [0, 0.1) is 13.8 Å². The van der Waals surface area contributed by atoms with Crippen LogP contribution in [-0.2, 0) is 14.3 Å². The van der Waals surface area contributed by atoms with Crippen molar-refractivity contribution >= 4 is 35.2 Å². The molecule has 1 fully saturated rings. The fraction of sp³-hybridized carbons (Fsp3) is 0.400. The monoisotopic (exact) mass is 418 g/mol. The van der Waals surface area contributed by atoms with Crippen molar-refractivity contribution in [2.45, 2.75) is 39.1 Å². The molecular weight excluding hydrogens is 396 g/mol. The van der Waals surface area contributed by atoms with Gasteiger partial charge in [0.15, 0.2) is 12.4 Å². The lowest BCUT2D eigenvalue weighted by molar-refractivity contribution is -0.152. The van der Waals surface area contributed by atoms with Gasteiger partial charge in [-0.3, -0.25) is 14.4 Å². The zero-order chi connectivity index (χ0) is 21.3. The fourth-order valence-electron chi connectivity index (χ4n) is 3.59. The maximum absolute atomic E-state index is 12.6. The predicted molar refractivity (Wildman–Crippen MR) is 106 cm³/mol. The molecule has 0 unspecified atom stereocenters. The Morgan fingerprint density at radius 1 is 1.28 bits per heavy atom. The molecule has 0 spiro atoms. The van der Waals surface area contributed by atoms with Crippen LogP contribution in [0.3, 0.4) is 0 Å². The van der Waals surface area contributed by atoms with Crippen molar-refractivity contribution in [3.05, 3.63) is 46.7 Å². The van der Waals surface area contributed by atoms with Gasteiger partial charge in [0.05, 0.1) is 12.0 Å².